The monoisotopic (exact) mass is 389 g/mol. The van der Waals surface area contributed by atoms with Crippen molar-refractivity contribution in [3.63, 3.8) is 0 Å². The number of urea groups is 1. The summed E-state index contributed by atoms with van der Waals surface area (Å²) in [6.07, 6.45) is 3.46. The first-order valence-corrected chi connectivity index (χ1v) is 10.3. The largest absolute Gasteiger partial charge is 0.381 e. The second-order valence-corrected chi connectivity index (χ2v) is 8.17. The molecule has 0 unspecified atom stereocenters. The van der Waals surface area contributed by atoms with E-state index in [-0.39, 0.29) is 36.0 Å². The quantitative estimate of drug-likeness (QED) is 0.757. The lowest BCUT2D eigenvalue weighted by atomic mass is 9.74. The molecular formula is C21H28FN3O3. The topological polar surface area (TPSA) is 70.7 Å². The van der Waals surface area contributed by atoms with Crippen molar-refractivity contribution in [3.05, 3.63) is 35.6 Å². The van der Waals surface area contributed by atoms with E-state index in [1.165, 1.54) is 11.0 Å². The number of hydrogen-bond donors (Lipinski definition) is 2. The molecule has 152 valence electrons. The summed E-state index contributed by atoms with van der Waals surface area (Å²) in [6.45, 7) is 3.35. The molecule has 0 spiro atoms. The van der Waals surface area contributed by atoms with Gasteiger partial charge in [-0.3, -0.25) is 9.69 Å². The highest BCUT2D eigenvalue weighted by atomic mass is 19.1. The van der Waals surface area contributed by atoms with Crippen LogP contribution >= 0.6 is 0 Å². The lowest BCUT2D eigenvalue weighted by Gasteiger charge is -2.38. The number of imide groups is 1. The summed E-state index contributed by atoms with van der Waals surface area (Å²) >= 11 is 0. The van der Waals surface area contributed by atoms with Gasteiger partial charge in [0, 0.05) is 26.2 Å². The summed E-state index contributed by atoms with van der Waals surface area (Å²) in [7, 11) is 0. The van der Waals surface area contributed by atoms with Crippen molar-refractivity contribution in [3.8, 4) is 0 Å². The smallest absolute Gasteiger partial charge is 0.325 e. The molecule has 7 heteroatoms. The van der Waals surface area contributed by atoms with Gasteiger partial charge in [-0.2, -0.15) is 0 Å². The van der Waals surface area contributed by atoms with Crippen molar-refractivity contribution in [2.45, 2.75) is 37.6 Å². The number of amides is 3. The van der Waals surface area contributed by atoms with Gasteiger partial charge in [-0.15, -0.1) is 0 Å². The minimum Gasteiger partial charge on any atom is -0.381 e. The molecule has 1 aromatic rings. The molecule has 0 bridgehead atoms. The molecule has 3 saturated heterocycles. The zero-order chi connectivity index (χ0) is 19.6. The average molecular weight is 389 g/mol. The number of nitrogens with one attached hydrogen (secondary N) is 2. The zero-order valence-electron chi connectivity index (χ0n) is 16.1. The Morgan fingerprint density at radius 3 is 2.54 bits per heavy atom. The van der Waals surface area contributed by atoms with Crippen LogP contribution in [0, 0.1) is 17.7 Å². The van der Waals surface area contributed by atoms with Gasteiger partial charge in [0.15, 0.2) is 0 Å². The molecule has 3 amide bonds. The standard InChI is InChI=1S/C21H28FN3O3/c22-18-4-2-1-3-16(18)13-21(17-5-9-23-10-6-17)19(26)25(20(27)24-21)14-15-7-11-28-12-8-15/h1-4,15,17,23H,5-14H2,(H,24,27)/t21-/m0/s1. The van der Waals surface area contributed by atoms with Crippen molar-refractivity contribution in [2.75, 3.05) is 32.8 Å². The van der Waals surface area contributed by atoms with Crippen LogP contribution in [0.15, 0.2) is 24.3 Å². The van der Waals surface area contributed by atoms with Crippen LogP contribution in [0.4, 0.5) is 9.18 Å². The molecule has 0 aliphatic carbocycles. The molecule has 4 rings (SSSR count). The van der Waals surface area contributed by atoms with E-state index in [1.54, 1.807) is 18.2 Å². The van der Waals surface area contributed by atoms with Crippen molar-refractivity contribution in [2.24, 2.45) is 11.8 Å². The molecule has 3 heterocycles. The van der Waals surface area contributed by atoms with Gasteiger partial charge in [-0.1, -0.05) is 18.2 Å². The summed E-state index contributed by atoms with van der Waals surface area (Å²) in [5, 5.41) is 6.32. The fourth-order valence-electron chi connectivity index (χ4n) is 4.80. The van der Waals surface area contributed by atoms with Gasteiger partial charge in [0.1, 0.15) is 11.4 Å². The molecule has 3 aliphatic heterocycles. The number of carbonyl (C=O) groups excluding carboxylic acids is 2. The van der Waals surface area contributed by atoms with Crippen LogP contribution in [0.1, 0.15) is 31.2 Å². The van der Waals surface area contributed by atoms with E-state index in [0.717, 1.165) is 38.8 Å². The number of ether oxygens (including phenoxy) is 1. The van der Waals surface area contributed by atoms with Gasteiger partial charge in [0.25, 0.3) is 5.91 Å². The number of benzene rings is 1. The average Bonchev–Trinajstić information content (AvgIpc) is 2.96. The highest BCUT2D eigenvalue weighted by Crippen LogP contribution is 2.36. The maximum Gasteiger partial charge on any atom is 0.325 e. The number of piperidine rings is 1. The van der Waals surface area contributed by atoms with Crippen LogP contribution in [0.5, 0.6) is 0 Å². The van der Waals surface area contributed by atoms with E-state index >= 15 is 0 Å². The van der Waals surface area contributed by atoms with Crippen LogP contribution in [-0.4, -0.2) is 55.2 Å². The van der Waals surface area contributed by atoms with Crippen LogP contribution in [-0.2, 0) is 16.0 Å². The van der Waals surface area contributed by atoms with Crippen LogP contribution in [0.2, 0.25) is 0 Å². The molecule has 0 saturated carbocycles. The van der Waals surface area contributed by atoms with Gasteiger partial charge in [0.05, 0.1) is 0 Å². The van der Waals surface area contributed by atoms with E-state index in [4.69, 9.17) is 4.74 Å². The Hall–Kier alpha value is -1.99. The van der Waals surface area contributed by atoms with Gasteiger partial charge < -0.3 is 15.4 Å². The van der Waals surface area contributed by atoms with Gasteiger partial charge in [0.2, 0.25) is 0 Å². The fraction of sp³-hybridized carbons (Fsp3) is 0.619. The third kappa shape index (κ3) is 3.65. The van der Waals surface area contributed by atoms with E-state index in [1.807, 2.05) is 0 Å². The molecule has 0 radical (unpaired) electrons. The highest BCUT2D eigenvalue weighted by Gasteiger charge is 2.56. The Balaban J connectivity index is 1.62. The first-order valence-electron chi connectivity index (χ1n) is 10.3. The first kappa shape index (κ1) is 19.3. The van der Waals surface area contributed by atoms with Crippen LogP contribution in [0.3, 0.4) is 0 Å². The minimum absolute atomic E-state index is 0.00973. The molecule has 3 aliphatic rings. The second-order valence-electron chi connectivity index (χ2n) is 8.17. The van der Waals surface area contributed by atoms with Gasteiger partial charge in [-0.05, 0) is 62.2 Å². The summed E-state index contributed by atoms with van der Waals surface area (Å²) in [5.41, 5.74) is -0.588. The van der Waals surface area contributed by atoms with Gasteiger partial charge in [-0.25, -0.2) is 9.18 Å². The first-order chi connectivity index (χ1) is 13.6. The predicted octanol–water partition coefficient (Wildman–Crippen LogP) is 2.08. The molecule has 1 atom stereocenters. The van der Waals surface area contributed by atoms with E-state index in [2.05, 4.69) is 10.6 Å². The summed E-state index contributed by atoms with van der Waals surface area (Å²) in [6, 6.07) is 6.19. The van der Waals surface area contributed by atoms with Crippen molar-refractivity contribution in [1.29, 1.82) is 0 Å². The van der Waals surface area contributed by atoms with Crippen LogP contribution in [0.25, 0.3) is 0 Å². The Morgan fingerprint density at radius 2 is 1.82 bits per heavy atom. The summed E-state index contributed by atoms with van der Waals surface area (Å²) < 4.78 is 19.8. The lowest BCUT2D eigenvalue weighted by Crippen LogP contribution is -2.57. The Labute approximate surface area is 164 Å². The summed E-state index contributed by atoms with van der Waals surface area (Å²) in [5.74, 6) is -0.273. The molecule has 2 N–H and O–H groups in total. The third-order valence-electron chi connectivity index (χ3n) is 6.45. The predicted molar refractivity (Wildman–Crippen MR) is 102 cm³/mol. The second kappa shape index (κ2) is 8.17. The number of rotatable bonds is 5. The Morgan fingerprint density at radius 1 is 1.11 bits per heavy atom. The molecule has 1 aromatic carbocycles. The molecule has 3 fully saturated rings. The van der Waals surface area contributed by atoms with Crippen LogP contribution < -0.4 is 10.6 Å². The maximum atomic E-state index is 14.4. The highest BCUT2D eigenvalue weighted by molar-refractivity contribution is 6.07. The third-order valence-corrected chi connectivity index (χ3v) is 6.45. The Kier molecular flexibility index (Phi) is 5.64. The van der Waals surface area contributed by atoms with E-state index < -0.39 is 5.54 Å². The lowest BCUT2D eigenvalue weighted by molar-refractivity contribution is -0.134. The molecule has 6 nitrogen and oxygen atoms in total. The Bertz CT molecular complexity index is 731. The van der Waals surface area contributed by atoms with E-state index in [0.29, 0.717) is 25.3 Å². The van der Waals surface area contributed by atoms with Gasteiger partial charge >= 0.3 is 6.03 Å². The number of halogens is 1. The molecule has 28 heavy (non-hydrogen) atoms. The molecule has 0 aromatic heterocycles. The fourth-order valence-corrected chi connectivity index (χ4v) is 4.80. The summed E-state index contributed by atoms with van der Waals surface area (Å²) in [4.78, 5) is 27.8. The molecular weight excluding hydrogens is 361 g/mol. The SMILES string of the molecule is O=C1N[C@@](Cc2ccccc2F)(C2CCNCC2)C(=O)N1CC1CCOCC1. The van der Waals surface area contributed by atoms with Crippen molar-refractivity contribution < 1.29 is 18.7 Å². The zero-order valence-corrected chi connectivity index (χ0v) is 16.1. The number of carbonyl (C=O) groups is 2. The van der Waals surface area contributed by atoms with Crippen molar-refractivity contribution >= 4 is 11.9 Å². The number of hydrogen-bond acceptors (Lipinski definition) is 4. The number of nitrogens with zero attached hydrogens (tertiary/aromatic N) is 1. The van der Waals surface area contributed by atoms with E-state index in [9.17, 15) is 14.0 Å². The minimum atomic E-state index is -1.06. The van der Waals surface area contributed by atoms with Crippen molar-refractivity contribution in [1.82, 2.24) is 15.5 Å². The normalized spacial score (nSPS) is 27.2. The maximum absolute atomic E-state index is 14.4.